The van der Waals surface area contributed by atoms with Crippen molar-refractivity contribution >= 4 is 11.6 Å². The van der Waals surface area contributed by atoms with Gasteiger partial charge >= 0.3 is 0 Å². The Hall–Kier alpha value is -1.60. The van der Waals surface area contributed by atoms with Crippen LogP contribution < -0.4 is 0 Å². The number of carbonyl (C=O) groups excluding carboxylic acids is 2. The molecule has 1 rings (SSSR count). The molecule has 0 spiro atoms. The first-order chi connectivity index (χ1) is 8.49. The largest absolute Gasteiger partial charge is 0.394 e. The highest BCUT2D eigenvalue weighted by Crippen LogP contribution is 2.07. The summed E-state index contributed by atoms with van der Waals surface area (Å²) < 4.78 is 0. The van der Waals surface area contributed by atoms with E-state index in [2.05, 4.69) is 0 Å². The summed E-state index contributed by atoms with van der Waals surface area (Å²) in [4.78, 5) is 23.2. The van der Waals surface area contributed by atoms with Gasteiger partial charge in [-0.3, -0.25) is 9.59 Å². The Labute approximate surface area is 103 Å². The van der Waals surface area contributed by atoms with Crippen molar-refractivity contribution < 1.29 is 30.0 Å². The second-order valence-corrected chi connectivity index (χ2v) is 3.74. The monoisotopic (exact) mass is 254 g/mol. The second-order valence-electron chi connectivity index (χ2n) is 3.74. The molecule has 1 aromatic carbocycles. The first kappa shape index (κ1) is 14.5. The van der Waals surface area contributed by atoms with Crippen LogP contribution in [-0.2, 0) is 4.79 Å². The molecule has 0 bridgehead atoms. The third-order valence-electron chi connectivity index (χ3n) is 2.43. The molecule has 0 aliphatic heterocycles. The van der Waals surface area contributed by atoms with E-state index in [1.54, 1.807) is 18.2 Å². The van der Waals surface area contributed by atoms with Crippen LogP contribution in [0.1, 0.15) is 10.4 Å². The van der Waals surface area contributed by atoms with Gasteiger partial charge in [0.25, 0.3) is 0 Å². The Morgan fingerprint density at radius 3 is 2.11 bits per heavy atom. The molecule has 0 heterocycles. The quantitative estimate of drug-likeness (QED) is 0.363. The maximum Gasteiger partial charge on any atom is 0.234 e. The summed E-state index contributed by atoms with van der Waals surface area (Å²) in [6.07, 6.45) is -5.66. The zero-order valence-electron chi connectivity index (χ0n) is 9.43. The fourth-order valence-corrected chi connectivity index (χ4v) is 1.34. The molecule has 98 valence electrons. The number of hydrogen-bond acceptors (Lipinski definition) is 6. The van der Waals surface area contributed by atoms with Crippen LogP contribution in [0, 0.1) is 0 Å². The SMILES string of the molecule is O=C(C(=O)[C@H](O)[C@@H](O)[C@H](O)CO)c1ccccc1. The molecule has 0 aliphatic carbocycles. The van der Waals surface area contributed by atoms with Crippen LogP contribution in [0.25, 0.3) is 0 Å². The van der Waals surface area contributed by atoms with Crippen molar-refractivity contribution in [2.75, 3.05) is 6.61 Å². The normalized spacial score (nSPS) is 15.8. The van der Waals surface area contributed by atoms with Crippen LogP contribution in [0.2, 0.25) is 0 Å². The molecule has 4 N–H and O–H groups in total. The van der Waals surface area contributed by atoms with Gasteiger partial charge in [0.15, 0.2) is 0 Å². The first-order valence-corrected chi connectivity index (χ1v) is 5.27. The van der Waals surface area contributed by atoms with Crippen molar-refractivity contribution in [3.63, 3.8) is 0 Å². The van der Waals surface area contributed by atoms with E-state index in [9.17, 15) is 19.8 Å². The highest BCUT2D eigenvalue weighted by molar-refractivity contribution is 6.45. The van der Waals surface area contributed by atoms with Crippen LogP contribution in [0.5, 0.6) is 0 Å². The average Bonchev–Trinajstić information content (AvgIpc) is 2.44. The number of Topliss-reactive ketones (excluding diaryl/α,β-unsaturated/α-hetero) is 2. The lowest BCUT2D eigenvalue weighted by Gasteiger charge is -2.19. The van der Waals surface area contributed by atoms with Crippen molar-refractivity contribution in [3.05, 3.63) is 35.9 Å². The number of carbonyl (C=O) groups is 2. The lowest BCUT2D eigenvalue weighted by Crippen LogP contribution is -2.46. The summed E-state index contributed by atoms with van der Waals surface area (Å²) in [5.41, 5.74) is 0.0761. The smallest absolute Gasteiger partial charge is 0.234 e. The Bertz CT molecular complexity index is 416. The van der Waals surface area contributed by atoms with Crippen LogP contribution >= 0.6 is 0 Å². The molecule has 18 heavy (non-hydrogen) atoms. The van der Waals surface area contributed by atoms with E-state index in [0.29, 0.717) is 0 Å². The molecule has 0 saturated carbocycles. The lowest BCUT2D eigenvalue weighted by atomic mass is 9.98. The molecule has 6 heteroatoms. The van der Waals surface area contributed by atoms with Gasteiger partial charge in [-0.25, -0.2) is 0 Å². The van der Waals surface area contributed by atoms with E-state index < -0.39 is 36.5 Å². The van der Waals surface area contributed by atoms with Gasteiger partial charge < -0.3 is 20.4 Å². The molecule has 0 radical (unpaired) electrons. The minimum Gasteiger partial charge on any atom is -0.394 e. The van der Waals surface area contributed by atoms with Gasteiger partial charge in [-0.05, 0) is 0 Å². The Kier molecular flexibility index (Phi) is 5.11. The predicted molar refractivity (Wildman–Crippen MR) is 60.9 cm³/mol. The zero-order valence-corrected chi connectivity index (χ0v) is 9.43. The average molecular weight is 254 g/mol. The van der Waals surface area contributed by atoms with E-state index in [1.165, 1.54) is 12.1 Å². The van der Waals surface area contributed by atoms with Crippen molar-refractivity contribution in [1.82, 2.24) is 0 Å². The molecular formula is C12H14O6. The van der Waals surface area contributed by atoms with Crippen molar-refractivity contribution in [1.29, 1.82) is 0 Å². The van der Waals surface area contributed by atoms with Crippen LogP contribution in [-0.4, -0.2) is 56.9 Å². The van der Waals surface area contributed by atoms with Crippen LogP contribution in [0.15, 0.2) is 30.3 Å². The van der Waals surface area contributed by atoms with Gasteiger partial charge in [0.1, 0.15) is 18.3 Å². The minimum absolute atomic E-state index is 0.0761. The van der Waals surface area contributed by atoms with Crippen molar-refractivity contribution in [2.24, 2.45) is 0 Å². The van der Waals surface area contributed by atoms with Crippen molar-refractivity contribution in [2.45, 2.75) is 18.3 Å². The molecule has 1 aromatic rings. The van der Waals surface area contributed by atoms with Gasteiger partial charge in [0.05, 0.1) is 6.61 Å². The molecule has 0 amide bonds. The zero-order chi connectivity index (χ0) is 13.7. The summed E-state index contributed by atoms with van der Waals surface area (Å²) in [6, 6.07) is 7.53. The molecule has 0 saturated heterocycles. The van der Waals surface area contributed by atoms with Crippen LogP contribution in [0.3, 0.4) is 0 Å². The topological polar surface area (TPSA) is 115 Å². The Morgan fingerprint density at radius 1 is 1.06 bits per heavy atom. The maximum absolute atomic E-state index is 11.6. The molecule has 0 aliphatic rings. The van der Waals surface area contributed by atoms with E-state index in [-0.39, 0.29) is 5.56 Å². The number of benzene rings is 1. The Balaban J connectivity index is 2.79. The second kappa shape index (κ2) is 6.36. The number of aliphatic hydroxyl groups is 4. The highest BCUT2D eigenvalue weighted by atomic mass is 16.4. The third-order valence-corrected chi connectivity index (χ3v) is 2.43. The highest BCUT2D eigenvalue weighted by Gasteiger charge is 2.33. The molecule has 3 atom stereocenters. The van der Waals surface area contributed by atoms with E-state index in [4.69, 9.17) is 10.2 Å². The number of rotatable bonds is 6. The summed E-state index contributed by atoms with van der Waals surface area (Å²) in [6.45, 7) is -0.828. The van der Waals surface area contributed by atoms with Gasteiger partial charge in [0, 0.05) is 5.56 Å². The standard InChI is InChI=1S/C12H14O6/c13-6-8(14)10(16)12(18)11(17)9(15)7-4-2-1-3-5-7/h1-5,8,10,12-14,16,18H,6H2/t8-,10+,12-/m1/s1. The summed E-state index contributed by atoms with van der Waals surface area (Å²) >= 11 is 0. The number of aliphatic hydroxyl groups excluding tert-OH is 4. The van der Waals surface area contributed by atoms with Gasteiger partial charge in [-0.15, -0.1) is 0 Å². The lowest BCUT2D eigenvalue weighted by molar-refractivity contribution is -0.135. The molecule has 0 aromatic heterocycles. The van der Waals surface area contributed by atoms with E-state index in [1.807, 2.05) is 0 Å². The van der Waals surface area contributed by atoms with E-state index >= 15 is 0 Å². The summed E-state index contributed by atoms with van der Waals surface area (Å²) in [5.74, 6) is -2.20. The number of hydrogen-bond donors (Lipinski definition) is 4. The van der Waals surface area contributed by atoms with Crippen molar-refractivity contribution in [3.8, 4) is 0 Å². The predicted octanol–water partition coefficient (Wildman–Crippen LogP) is -1.49. The minimum atomic E-state index is -2.07. The molecule has 0 fully saturated rings. The van der Waals surface area contributed by atoms with E-state index in [0.717, 1.165) is 0 Å². The third kappa shape index (κ3) is 3.21. The first-order valence-electron chi connectivity index (χ1n) is 5.27. The molecule has 0 unspecified atom stereocenters. The van der Waals surface area contributed by atoms with Gasteiger partial charge in [-0.2, -0.15) is 0 Å². The molecular weight excluding hydrogens is 240 g/mol. The Morgan fingerprint density at radius 2 is 1.61 bits per heavy atom. The number of ketones is 2. The fraction of sp³-hybridized carbons (Fsp3) is 0.333. The van der Waals surface area contributed by atoms with Gasteiger partial charge in [0.2, 0.25) is 11.6 Å². The summed E-state index contributed by atoms with van der Waals surface area (Å²) in [7, 11) is 0. The summed E-state index contributed by atoms with van der Waals surface area (Å²) in [5, 5.41) is 36.4. The molecule has 6 nitrogen and oxygen atoms in total. The van der Waals surface area contributed by atoms with Gasteiger partial charge in [-0.1, -0.05) is 30.3 Å². The fourth-order valence-electron chi connectivity index (χ4n) is 1.34. The maximum atomic E-state index is 11.6. The van der Waals surface area contributed by atoms with Crippen LogP contribution in [0.4, 0.5) is 0 Å².